The van der Waals surface area contributed by atoms with Crippen molar-refractivity contribution in [1.82, 2.24) is 0 Å². The highest BCUT2D eigenvalue weighted by Crippen LogP contribution is 2.22. The summed E-state index contributed by atoms with van der Waals surface area (Å²) in [5.41, 5.74) is 0.313. The van der Waals surface area contributed by atoms with Crippen LogP contribution in [0.1, 0.15) is 13.3 Å². The molecule has 9 heteroatoms. The number of sulfone groups is 2. The van der Waals surface area contributed by atoms with E-state index in [1.54, 1.807) is 6.92 Å². The fourth-order valence-corrected chi connectivity index (χ4v) is 3.08. The Balaban J connectivity index is 3.02. The highest BCUT2D eigenvalue weighted by molar-refractivity contribution is 7.91. The fourth-order valence-electron chi connectivity index (χ4n) is 1.64. The van der Waals surface area contributed by atoms with E-state index in [1.807, 2.05) is 0 Å². The Morgan fingerprint density at radius 2 is 1.55 bits per heavy atom. The van der Waals surface area contributed by atoms with E-state index in [-0.39, 0.29) is 29.4 Å². The van der Waals surface area contributed by atoms with Gasteiger partial charge in [0.15, 0.2) is 19.7 Å². The molecule has 0 aliphatic rings. The lowest BCUT2D eigenvalue weighted by atomic mass is 10.3. The third-order valence-electron chi connectivity index (χ3n) is 2.70. The highest BCUT2D eigenvalue weighted by Gasteiger charge is 2.15. The summed E-state index contributed by atoms with van der Waals surface area (Å²) in [5, 5.41) is 2.83. The Labute approximate surface area is 130 Å². The number of anilines is 1. The molecule has 1 aromatic carbocycles. The highest BCUT2D eigenvalue weighted by atomic mass is 32.2. The van der Waals surface area contributed by atoms with Crippen LogP contribution >= 0.6 is 0 Å². The van der Waals surface area contributed by atoms with Crippen molar-refractivity contribution >= 4 is 31.3 Å². The molecule has 1 N–H and O–H groups in total. The van der Waals surface area contributed by atoms with Crippen molar-refractivity contribution in [3.63, 3.8) is 0 Å². The number of benzene rings is 1. The van der Waals surface area contributed by atoms with Crippen LogP contribution < -0.4 is 5.32 Å². The minimum atomic E-state index is -3.55. The molecule has 7 nitrogen and oxygen atoms in total. The summed E-state index contributed by atoms with van der Waals surface area (Å²) in [5.74, 6) is -0.391. The third kappa shape index (κ3) is 5.64. The number of hydrogen-bond acceptors (Lipinski definition) is 7. The molecular formula is C13H19NO6S2. The quantitative estimate of drug-likeness (QED) is 0.728. The van der Waals surface area contributed by atoms with E-state index < -0.39 is 25.6 Å². The van der Waals surface area contributed by atoms with Crippen molar-refractivity contribution < 1.29 is 26.4 Å². The lowest BCUT2D eigenvalue weighted by molar-refractivity contribution is -0.142. The molecule has 0 fully saturated rings. The molecule has 124 valence electrons. The summed E-state index contributed by atoms with van der Waals surface area (Å²) in [6.07, 6.45) is 2.08. The van der Waals surface area contributed by atoms with Gasteiger partial charge in [-0.15, -0.1) is 0 Å². The zero-order valence-corrected chi connectivity index (χ0v) is 14.3. The molecule has 0 atom stereocenters. The first-order chi connectivity index (χ1) is 10.0. The van der Waals surface area contributed by atoms with Crippen LogP contribution in [0.5, 0.6) is 0 Å². The van der Waals surface area contributed by atoms with Crippen molar-refractivity contribution in [3.8, 4) is 0 Å². The second-order valence-electron chi connectivity index (χ2n) is 4.72. The van der Waals surface area contributed by atoms with Gasteiger partial charge in [0.05, 0.1) is 22.8 Å². The van der Waals surface area contributed by atoms with Gasteiger partial charge in [-0.1, -0.05) is 0 Å². The normalized spacial score (nSPS) is 12.0. The number of carbonyl (C=O) groups excluding carboxylic acids is 1. The zero-order chi connectivity index (χ0) is 17.0. The van der Waals surface area contributed by atoms with Crippen molar-refractivity contribution in [2.24, 2.45) is 0 Å². The van der Waals surface area contributed by atoms with Crippen LogP contribution in [0.2, 0.25) is 0 Å². The molecule has 1 rings (SSSR count). The number of rotatable bonds is 7. The molecular weight excluding hydrogens is 330 g/mol. The summed E-state index contributed by atoms with van der Waals surface area (Å²) in [7, 11) is -7.11. The molecule has 0 aliphatic heterocycles. The lowest BCUT2D eigenvalue weighted by Gasteiger charge is -2.10. The number of ether oxygens (including phenoxy) is 1. The molecule has 0 spiro atoms. The Morgan fingerprint density at radius 3 is 1.95 bits per heavy atom. The van der Waals surface area contributed by atoms with E-state index in [2.05, 4.69) is 5.32 Å². The second kappa shape index (κ2) is 7.10. The smallest absolute Gasteiger partial charge is 0.307 e. The predicted octanol–water partition coefficient (Wildman–Crippen LogP) is 0.859. The molecule has 0 heterocycles. The SMILES string of the molecule is CCOC(=O)CCNc1cc(S(C)(=O)=O)cc(S(C)(=O)=O)c1. The molecule has 1 aromatic rings. The average Bonchev–Trinajstić information content (AvgIpc) is 2.36. The maximum atomic E-state index is 11.6. The van der Waals surface area contributed by atoms with Gasteiger partial charge in [0.1, 0.15) is 0 Å². The zero-order valence-electron chi connectivity index (χ0n) is 12.6. The first-order valence-corrected chi connectivity index (χ1v) is 10.3. The summed E-state index contributed by atoms with van der Waals surface area (Å²) < 4.78 is 51.3. The summed E-state index contributed by atoms with van der Waals surface area (Å²) in [4.78, 5) is 11.0. The molecule has 0 aromatic heterocycles. The van der Waals surface area contributed by atoms with E-state index in [1.165, 1.54) is 12.1 Å². The standard InChI is InChI=1S/C13H19NO6S2/c1-4-20-13(15)5-6-14-10-7-11(21(2,16)17)9-12(8-10)22(3,18)19/h7-9,14H,4-6H2,1-3H3. The molecule has 0 unspecified atom stereocenters. The van der Waals surface area contributed by atoms with Crippen LogP contribution in [0.25, 0.3) is 0 Å². The minimum absolute atomic E-state index is 0.0884. The molecule has 0 saturated carbocycles. The van der Waals surface area contributed by atoms with E-state index in [4.69, 9.17) is 4.74 Å². The van der Waals surface area contributed by atoms with Gasteiger partial charge in [-0.2, -0.15) is 0 Å². The largest absolute Gasteiger partial charge is 0.466 e. The molecule has 0 radical (unpaired) electrons. The van der Waals surface area contributed by atoms with Crippen molar-refractivity contribution in [1.29, 1.82) is 0 Å². The van der Waals surface area contributed by atoms with E-state index >= 15 is 0 Å². The van der Waals surface area contributed by atoms with Crippen LogP contribution in [-0.4, -0.2) is 48.5 Å². The van der Waals surface area contributed by atoms with Gasteiger partial charge in [0.25, 0.3) is 0 Å². The summed E-state index contributed by atoms with van der Waals surface area (Å²) >= 11 is 0. The first kappa shape index (κ1) is 18.4. The maximum Gasteiger partial charge on any atom is 0.307 e. The van der Waals surface area contributed by atoms with Gasteiger partial charge in [0.2, 0.25) is 0 Å². The van der Waals surface area contributed by atoms with Gasteiger partial charge in [-0.3, -0.25) is 4.79 Å². The topological polar surface area (TPSA) is 107 Å². The lowest BCUT2D eigenvalue weighted by Crippen LogP contribution is -2.12. The molecule has 0 aliphatic carbocycles. The van der Waals surface area contributed by atoms with Crippen molar-refractivity contribution in [2.45, 2.75) is 23.1 Å². The minimum Gasteiger partial charge on any atom is -0.466 e. The predicted molar refractivity (Wildman–Crippen MR) is 82.4 cm³/mol. The second-order valence-corrected chi connectivity index (χ2v) is 8.75. The van der Waals surface area contributed by atoms with Crippen LogP contribution in [0, 0.1) is 0 Å². The van der Waals surface area contributed by atoms with Crippen LogP contribution in [-0.2, 0) is 29.2 Å². The number of esters is 1. The van der Waals surface area contributed by atoms with Crippen LogP contribution in [0.3, 0.4) is 0 Å². The van der Waals surface area contributed by atoms with Gasteiger partial charge >= 0.3 is 5.97 Å². The Hall–Kier alpha value is -1.61. The third-order valence-corrected chi connectivity index (χ3v) is 4.88. The van der Waals surface area contributed by atoms with E-state index in [0.29, 0.717) is 5.69 Å². The van der Waals surface area contributed by atoms with Gasteiger partial charge in [0, 0.05) is 24.7 Å². The number of nitrogens with one attached hydrogen (secondary N) is 1. The first-order valence-electron chi connectivity index (χ1n) is 6.48. The maximum absolute atomic E-state index is 11.6. The summed E-state index contributed by atoms with van der Waals surface area (Å²) in [6, 6.07) is 3.77. The van der Waals surface area contributed by atoms with Crippen LogP contribution in [0.15, 0.2) is 28.0 Å². The van der Waals surface area contributed by atoms with Gasteiger partial charge in [-0.05, 0) is 25.1 Å². The summed E-state index contributed by atoms with van der Waals surface area (Å²) in [6.45, 7) is 2.18. The van der Waals surface area contributed by atoms with Crippen molar-refractivity contribution in [3.05, 3.63) is 18.2 Å². The number of carbonyl (C=O) groups is 1. The van der Waals surface area contributed by atoms with E-state index in [0.717, 1.165) is 18.6 Å². The van der Waals surface area contributed by atoms with Crippen molar-refractivity contribution in [2.75, 3.05) is 31.0 Å². The van der Waals surface area contributed by atoms with Gasteiger partial charge in [-0.25, -0.2) is 16.8 Å². The van der Waals surface area contributed by atoms with E-state index in [9.17, 15) is 21.6 Å². The van der Waals surface area contributed by atoms with Gasteiger partial charge < -0.3 is 10.1 Å². The molecule has 22 heavy (non-hydrogen) atoms. The fraction of sp³-hybridized carbons (Fsp3) is 0.462. The number of hydrogen-bond donors (Lipinski definition) is 1. The monoisotopic (exact) mass is 349 g/mol. The Bertz CT molecular complexity index is 702. The average molecular weight is 349 g/mol. The molecule has 0 bridgehead atoms. The Morgan fingerprint density at radius 1 is 1.05 bits per heavy atom. The molecule has 0 saturated heterocycles. The molecule has 0 amide bonds. The van der Waals surface area contributed by atoms with Crippen LogP contribution in [0.4, 0.5) is 5.69 Å². The Kier molecular flexibility index (Phi) is 5.95.